The minimum Gasteiger partial charge on any atom is -0.491 e. The number of alkyl halides is 3. The molecule has 0 aliphatic heterocycles. The number of para-hydroxylation sites is 1. The zero-order chi connectivity index (χ0) is 25.0. The molecule has 2 aromatic rings. The first-order valence-corrected chi connectivity index (χ1v) is 12.1. The van der Waals surface area contributed by atoms with E-state index in [0.717, 1.165) is 24.0 Å². The normalized spacial score (nSPS) is 13.3. The summed E-state index contributed by atoms with van der Waals surface area (Å²) in [6.45, 7) is 7.67. The average molecular weight is 487 g/mol. The van der Waals surface area contributed by atoms with Gasteiger partial charge in [-0.25, -0.2) is 8.42 Å². The highest BCUT2D eigenvalue weighted by Crippen LogP contribution is 2.33. The third-order valence-electron chi connectivity index (χ3n) is 4.87. The summed E-state index contributed by atoms with van der Waals surface area (Å²) in [5, 5.41) is 2.59. The Morgan fingerprint density at radius 2 is 1.73 bits per heavy atom. The van der Waals surface area contributed by atoms with Crippen LogP contribution in [-0.2, 0) is 26.4 Å². The highest BCUT2D eigenvalue weighted by Gasteiger charge is 2.34. The van der Waals surface area contributed by atoms with E-state index < -0.39 is 33.7 Å². The number of nitrogens with zero attached hydrogens (tertiary/aromatic N) is 1. The van der Waals surface area contributed by atoms with Crippen molar-refractivity contribution in [1.82, 2.24) is 5.32 Å². The molecular weight excluding hydrogens is 457 g/mol. The van der Waals surface area contributed by atoms with Crippen LogP contribution in [0, 0.1) is 0 Å². The second-order valence-electron chi connectivity index (χ2n) is 8.67. The van der Waals surface area contributed by atoms with Crippen LogP contribution in [-0.4, -0.2) is 39.8 Å². The molecule has 0 fully saturated rings. The molecule has 0 spiro atoms. The molecule has 2 aromatic carbocycles. The number of ether oxygens (including phenoxy) is 1. The van der Waals surface area contributed by atoms with Gasteiger partial charge < -0.3 is 10.1 Å². The molecule has 10 heteroatoms. The predicted octanol–water partition coefficient (Wildman–Crippen LogP) is 4.35. The van der Waals surface area contributed by atoms with Gasteiger partial charge in [0.1, 0.15) is 18.4 Å². The van der Waals surface area contributed by atoms with Gasteiger partial charge in [0, 0.05) is 0 Å². The van der Waals surface area contributed by atoms with Crippen molar-refractivity contribution >= 4 is 21.6 Å². The molecule has 1 N–H and O–H groups in total. The lowest BCUT2D eigenvalue weighted by Gasteiger charge is -2.28. The molecule has 0 aliphatic carbocycles. The van der Waals surface area contributed by atoms with Crippen LogP contribution in [0.15, 0.2) is 48.5 Å². The van der Waals surface area contributed by atoms with E-state index in [-0.39, 0.29) is 24.3 Å². The number of hydrogen-bond donors (Lipinski definition) is 1. The summed E-state index contributed by atoms with van der Waals surface area (Å²) in [6.07, 6.45) is -3.81. The third kappa shape index (κ3) is 7.12. The lowest BCUT2D eigenvalue weighted by Crippen LogP contribution is -2.48. The molecular formula is C23H29F3N2O4S. The summed E-state index contributed by atoms with van der Waals surface area (Å²) in [6, 6.07) is 10.1. The Morgan fingerprint density at radius 3 is 2.30 bits per heavy atom. The van der Waals surface area contributed by atoms with E-state index in [2.05, 4.69) is 5.32 Å². The molecule has 0 aromatic heterocycles. The lowest BCUT2D eigenvalue weighted by molar-refractivity contribution is -0.137. The fraction of sp³-hybridized carbons (Fsp3) is 0.435. The molecule has 0 aliphatic rings. The van der Waals surface area contributed by atoms with Crippen molar-refractivity contribution in [2.75, 3.05) is 23.7 Å². The van der Waals surface area contributed by atoms with Gasteiger partial charge in [0.15, 0.2) is 0 Å². The maximum Gasteiger partial charge on any atom is 0.416 e. The van der Waals surface area contributed by atoms with Gasteiger partial charge in [-0.15, -0.1) is 0 Å². The molecule has 6 nitrogen and oxygen atoms in total. The Hall–Kier alpha value is -2.75. The largest absolute Gasteiger partial charge is 0.491 e. The average Bonchev–Trinajstić information content (AvgIpc) is 2.69. The van der Waals surface area contributed by atoms with Crippen LogP contribution in [0.3, 0.4) is 0 Å². The fourth-order valence-electron chi connectivity index (χ4n) is 3.32. The van der Waals surface area contributed by atoms with Crippen LogP contribution in [0.25, 0.3) is 0 Å². The quantitative estimate of drug-likeness (QED) is 0.563. The van der Waals surface area contributed by atoms with E-state index in [1.165, 1.54) is 13.0 Å². The standard InChI is InChI=1S/C23H29F3N2O4S/c1-16(28(33(5,30)31)18-10-8-9-17(15-18)23(24,25)26)21(29)27-13-14-32-20-12-7-6-11-19(20)22(2,3)4/h6-12,15-16H,13-14H2,1-5H3,(H,27,29)/t16-/m1/s1. The van der Waals surface area contributed by atoms with E-state index in [1.54, 1.807) is 0 Å². The Bertz CT molecular complexity index is 1080. The number of halogens is 3. The molecule has 0 saturated heterocycles. The van der Waals surface area contributed by atoms with Crippen LogP contribution < -0.4 is 14.4 Å². The minimum absolute atomic E-state index is 0.0852. The van der Waals surface area contributed by atoms with Crippen LogP contribution >= 0.6 is 0 Å². The second kappa shape index (κ2) is 10.0. The Balaban J connectivity index is 2.10. The van der Waals surface area contributed by atoms with Crippen molar-refractivity contribution in [3.63, 3.8) is 0 Å². The van der Waals surface area contributed by atoms with Gasteiger partial charge in [-0.1, -0.05) is 45.0 Å². The minimum atomic E-state index is -4.65. The van der Waals surface area contributed by atoms with Gasteiger partial charge in [-0.05, 0) is 42.2 Å². The van der Waals surface area contributed by atoms with E-state index in [1.807, 2.05) is 45.0 Å². The van der Waals surface area contributed by atoms with Crippen LogP contribution in [0.2, 0.25) is 0 Å². The summed E-state index contributed by atoms with van der Waals surface area (Å²) in [5.74, 6) is 0.0135. The molecule has 33 heavy (non-hydrogen) atoms. The molecule has 1 atom stereocenters. The van der Waals surface area contributed by atoms with Gasteiger partial charge in [0.2, 0.25) is 15.9 Å². The summed E-state index contributed by atoms with van der Waals surface area (Å²) < 4.78 is 70.3. The molecule has 0 unspecified atom stereocenters. The molecule has 1 amide bonds. The summed E-state index contributed by atoms with van der Waals surface area (Å²) >= 11 is 0. The summed E-state index contributed by atoms with van der Waals surface area (Å²) in [5.41, 5.74) is -0.398. The highest BCUT2D eigenvalue weighted by atomic mass is 32.2. The zero-order valence-electron chi connectivity index (χ0n) is 19.2. The number of benzene rings is 2. The Kier molecular flexibility index (Phi) is 8.05. The number of nitrogens with one attached hydrogen (secondary N) is 1. The molecule has 0 saturated carbocycles. The summed E-state index contributed by atoms with van der Waals surface area (Å²) in [4.78, 5) is 12.6. The number of carbonyl (C=O) groups excluding carboxylic acids is 1. The van der Waals surface area contributed by atoms with Crippen molar-refractivity contribution in [3.8, 4) is 5.75 Å². The molecule has 2 rings (SSSR count). The smallest absolute Gasteiger partial charge is 0.416 e. The summed E-state index contributed by atoms with van der Waals surface area (Å²) in [7, 11) is -4.05. The topological polar surface area (TPSA) is 75.7 Å². The molecule has 0 heterocycles. The number of rotatable bonds is 8. The SMILES string of the molecule is C[C@H](C(=O)NCCOc1ccccc1C(C)(C)C)N(c1cccc(C(F)(F)F)c1)S(C)(=O)=O. The maximum absolute atomic E-state index is 13.1. The first-order valence-electron chi connectivity index (χ1n) is 10.3. The molecule has 182 valence electrons. The molecule has 0 radical (unpaired) electrons. The maximum atomic E-state index is 13.1. The van der Waals surface area contributed by atoms with Crippen LogP contribution in [0.4, 0.5) is 18.9 Å². The van der Waals surface area contributed by atoms with Crippen molar-refractivity contribution in [1.29, 1.82) is 0 Å². The number of carbonyl (C=O) groups is 1. The zero-order valence-corrected chi connectivity index (χ0v) is 20.0. The van der Waals surface area contributed by atoms with Gasteiger partial charge in [-0.2, -0.15) is 13.2 Å². The van der Waals surface area contributed by atoms with E-state index >= 15 is 0 Å². The first kappa shape index (κ1) is 26.5. The first-order chi connectivity index (χ1) is 15.1. The van der Waals surface area contributed by atoms with Crippen molar-refractivity contribution in [2.24, 2.45) is 0 Å². The molecule has 0 bridgehead atoms. The van der Waals surface area contributed by atoms with Gasteiger partial charge in [-0.3, -0.25) is 9.10 Å². The monoisotopic (exact) mass is 486 g/mol. The number of amides is 1. The Labute approximate surface area is 192 Å². The third-order valence-corrected chi connectivity index (χ3v) is 6.11. The fourth-order valence-corrected chi connectivity index (χ4v) is 4.49. The van der Waals surface area contributed by atoms with E-state index in [9.17, 15) is 26.4 Å². The van der Waals surface area contributed by atoms with Crippen molar-refractivity contribution < 1.29 is 31.1 Å². The van der Waals surface area contributed by atoms with Crippen LogP contribution in [0.1, 0.15) is 38.8 Å². The van der Waals surface area contributed by atoms with Gasteiger partial charge in [0.25, 0.3) is 0 Å². The van der Waals surface area contributed by atoms with Gasteiger partial charge >= 0.3 is 6.18 Å². The Morgan fingerprint density at radius 1 is 1.09 bits per heavy atom. The van der Waals surface area contributed by atoms with E-state index in [4.69, 9.17) is 4.74 Å². The highest BCUT2D eigenvalue weighted by molar-refractivity contribution is 7.92. The van der Waals surface area contributed by atoms with Crippen molar-refractivity contribution in [2.45, 2.75) is 45.3 Å². The lowest BCUT2D eigenvalue weighted by atomic mass is 9.86. The van der Waals surface area contributed by atoms with Gasteiger partial charge in [0.05, 0.1) is 24.1 Å². The number of sulfonamides is 1. The van der Waals surface area contributed by atoms with E-state index in [0.29, 0.717) is 16.1 Å². The number of hydrogen-bond acceptors (Lipinski definition) is 4. The second-order valence-corrected chi connectivity index (χ2v) is 10.5. The van der Waals surface area contributed by atoms with Crippen LogP contribution in [0.5, 0.6) is 5.75 Å². The van der Waals surface area contributed by atoms with Crippen molar-refractivity contribution in [3.05, 3.63) is 59.7 Å². The number of anilines is 1. The predicted molar refractivity (Wildman–Crippen MR) is 122 cm³/mol.